The summed E-state index contributed by atoms with van der Waals surface area (Å²) in [5.41, 5.74) is 4.22. The predicted molar refractivity (Wildman–Crippen MR) is 105 cm³/mol. The maximum Gasteiger partial charge on any atom is 0.211 e. The molecule has 0 aromatic carbocycles. The molecule has 0 heterocycles. The van der Waals surface area contributed by atoms with Gasteiger partial charge < -0.3 is 4.43 Å². The van der Waals surface area contributed by atoms with Crippen LogP contribution in [0.3, 0.4) is 0 Å². The van der Waals surface area contributed by atoms with Crippen LogP contribution in [0.25, 0.3) is 0 Å². The van der Waals surface area contributed by atoms with Gasteiger partial charge in [-0.15, -0.1) is 18.9 Å². The third-order valence-corrected chi connectivity index (χ3v) is 13.3. The van der Waals surface area contributed by atoms with Crippen molar-refractivity contribution in [3.05, 3.63) is 24.6 Å². The molecule has 3 heteroatoms. The lowest BCUT2D eigenvalue weighted by Crippen LogP contribution is -2.59. The van der Waals surface area contributed by atoms with E-state index in [0.717, 1.165) is 5.92 Å². The SMILES string of the molecule is C=C[Si](C)(C)OC(C)(C)C(C)(C1CCCCC1)[Si](C)(C)C=C. The molecule has 0 aromatic heterocycles. The summed E-state index contributed by atoms with van der Waals surface area (Å²) >= 11 is 0. The van der Waals surface area contributed by atoms with Crippen molar-refractivity contribution in [3.8, 4) is 0 Å². The van der Waals surface area contributed by atoms with Crippen LogP contribution in [0.1, 0.15) is 52.9 Å². The Labute approximate surface area is 141 Å². The molecule has 1 saturated carbocycles. The van der Waals surface area contributed by atoms with Crippen LogP contribution < -0.4 is 0 Å². The Morgan fingerprint density at radius 2 is 1.41 bits per heavy atom. The summed E-state index contributed by atoms with van der Waals surface area (Å²) in [4.78, 5) is 0. The van der Waals surface area contributed by atoms with Gasteiger partial charge in [0.15, 0.2) is 0 Å². The molecule has 0 N–H and O–H groups in total. The third kappa shape index (κ3) is 3.68. The fraction of sp³-hybridized carbons (Fsp3) is 0.789. The Morgan fingerprint density at radius 1 is 0.909 bits per heavy atom. The highest BCUT2D eigenvalue weighted by Crippen LogP contribution is 2.59. The van der Waals surface area contributed by atoms with Gasteiger partial charge in [0, 0.05) is 0 Å². The topological polar surface area (TPSA) is 9.23 Å². The molecule has 0 aromatic rings. The Kier molecular flexibility index (Phi) is 6.14. The van der Waals surface area contributed by atoms with Crippen molar-refractivity contribution < 1.29 is 4.43 Å². The van der Waals surface area contributed by atoms with Gasteiger partial charge in [0.2, 0.25) is 8.32 Å². The van der Waals surface area contributed by atoms with Crippen LogP contribution in [-0.2, 0) is 4.43 Å². The van der Waals surface area contributed by atoms with Crippen LogP contribution in [0, 0.1) is 5.92 Å². The molecule has 22 heavy (non-hydrogen) atoms. The quantitative estimate of drug-likeness (QED) is 0.482. The van der Waals surface area contributed by atoms with E-state index in [1.54, 1.807) is 0 Å². The first-order chi connectivity index (χ1) is 9.93. The van der Waals surface area contributed by atoms with E-state index in [0.29, 0.717) is 0 Å². The van der Waals surface area contributed by atoms with Gasteiger partial charge in [-0.25, -0.2) is 0 Å². The average molecular weight is 339 g/mol. The fourth-order valence-corrected chi connectivity index (χ4v) is 9.57. The Bertz CT molecular complexity index is 406. The van der Waals surface area contributed by atoms with E-state index in [9.17, 15) is 0 Å². The normalized spacial score (nSPS) is 21.2. The van der Waals surface area contributed by atoms with Crippen molar-refractivity contribution in [2.45, 2.75) is 89.7 Å². The lowest BCUT2D eigenvalue weighted by atomic mass is 9.73. The standard InChI is InChI=1S/C19H38OSi2/c1-10-21(6,7)19(5,17-15-13-12-14-16-17)18(3,4)20-22(8,9)11-2/h10-11,17H,1-2,12-16H2,3-9H3. The van der Waals surface area contributed by atoms with Gasteiger partial charge >= 0.3 is 0 Å². The van der Waals surface area contributed by atoms with Gasteiger partial charge in [-0.05, 0) is 37.9 Å². The molecule has 1 rings (SSSR count). The van der Waals surface area contributed by atoms with Crippen molar-refractivity contribution in [2.75, 3.05) is 0 Å². The molecule has 0 radical (unpaired) electrons. The summed E-state index contributed by atoms with van der Waals surface area (Å²) in [6, 6.07) is 0. The first-order valence-electron chi connectivity index (χ1n) is 8.91. The summed E-state index contributed by atoms with van der Waals surface area (Å²) in [5, 5.41) is 0.204. The van der Waals surface area contributed by atoms with Crippen molar-refractivity contribution in [3.63, 3.8) is 0 Å². The van der Waals surface area contributed by atoms with Crippen molar-refractivity contribution in [2.24, 2.45) is 5.92 Å². The number of hydrogen-bond acceptors (Lipinski definition) is 1. The predicted octanol–water partition coefficient (Wildman–Crippen LogP) is 6.49. The lowest BCUT2D eigenvalue weighted by molar-refractivity contribution is 0.0147. The zero-order valence-corrected chi connectivity index (χ0v) is 18.1. The van der Waals surface area contributed by atoms with Crippen LogP contribution in [0.15, 0.2) is 24.6 Å². The molecule has 1 unspecified atom stereocenters. The molecule has 1 aliphatic rings. The highest BCUT2D eigenvalue weighted by Gasteiger charge is 2.57. The average Bonchev–Trinajstić information content (AvgIpc) is 2.45. The first kappa shape index (κ1) is 19.9. The highest BCUT2D eigenvalue weighted by atomic mass is 28.4. The minimum atomic E-state index is -1.83. The molecule has 1 fully saturated rings. The number of hydrogen-bond donors (Lipinski definition) is 0. The molecular weight excluding hydrogens is 300 g/mol. The fourth-order valence-electron chi connectivity index (χ4n) is 4.49. The highest BCUT2D eigenvalue weighted by molar-refractivity contribution is 6.85. The van der Waals surface area contributed by atoms with Crippen molar-refractivity contribution in [1.82, 2.24) is 0 Å². The summed E-state index contributed by atoms with van der Waals surface area (Å²) in [6.07, 6.45) is 6.85. The largest absolute Gasteiger partial charge is 0.408 e. The van der Waals surface area contributed by atoms with Crippen LogP contribution in [0.2, 0.25) is 31.2 Å². The first-order valence-corrected chi connectivity index (χ1v) is 15.0. The van der Waals surface area contributed by atoms with E-state index in [-0.39, 0.29) is 10.6 Å². The van der Waals surface area contributed by atoms with Crippen LogP contribution in [-0.4, -0.2) is 22.0 Å². The number of rotatable bonds is 7. The van der Waals surface area contributed by atoms with Gasteiger partial charge in [-0.1, -0.05) is 57.8 Å². The van der Waals surface area contributed by atoms with E-state index in [1.807, 2.05) is 0 Å². The summed E-state index contributed by atoms with van der Waals surface area (Å²) in [6.45, 7) is 24.9. The molecule has 0 bridgehead atoms. The van der Waals surface area contributed by atoms with Crippen LogP contribution in [0.4, 0.5) is 0 Å². The molecular formula is C19H38OSi2. The van der Waals surface area contributed by atoms with Gasteiger partial charge in [0.25, 0.3) is 0 Å². The smallest absolute Gasteiger partial charge is 0.211 e. The molecule has 0 saturated heterocycles. The van der Waals surface area contributed by atoms with E-state index in [1.165, 1.54) is 32.1 Å². The minimum Gasteiger partial charge on any atom is -0.408 e. The zero-order chi connectivity index (χ0) is 17.2. The summed E-state index contributed by atoms with van der Waals surface area (Å²) < 4.78 is 6.79. The van der Waals surface area contributed by atoms with Gasteiger partial charge in [-0.3, -0.25) is 0 Å². The summed E-state index contributed by atoms with van der Waals surface area (Å²) in [5.74, 6) is 0.755. The second kappa shape index (κ2) is 6.78. The summed E-state index contributed by atoms with van der Waals surface area (Å²) in [7, 11) is -3.47. The van der Waals surface area contributed by atoms with E-state index >= 15 is 0 Å². The van der Waals surface area contributed by atoms with Crippen LogP contribution >= 0.6 is 0 Å². The molecule has 1 aliphatic carbocycles. The molecule has 0 spiro atoms. The second-order valence-electron chi connectivity index (χ2n) is 8.88. The Balaban J connectivity index is 3.30. The van der Waals surface area contributed by atoms with E-state index in [4.69, 9.17) is 4.43 Å². The maximum atomic E-state index is 6.79. The molecule has 1 nitrogen and oxygen atoms in total. The third-order valence-electron chi connectivity index (χ3n) is 6.53. The second-order valence-corrected chi connectivity index (χ2v) is 17.6. The van der Waals surface area contributed by atoms with E-state index < -0.39 is 16.4 Å². The van der Waals surface area contributed by atoms with E-state index in [2.05, 4.69) is 71.5 Å². The Morgan fingerprint density at radius 3 is 1.82 bits per heavy atom. The minimum absolute atomic E-state index is 0.136. The molecule has 0 aliphatic heterocycles. The van der Waals surface area contributed by atoms with Gasteiger partial charge in [-0.2, -0.15) is 0 Å². The lowest BCUT2D eigenvalue weighted by Gasteiger charge is -2.58. The van der Waals surface area contributed by atoms with Gasteiger partial charge in [0.1, 0.15) is 0 Å². The van der Waals surface area contributed by atoms with Crippen molar-refractivity contribution >= 4 is 16.4 Å². The van der Waals surface area contributed by atoms with Gasteiger partial charge in [0.05, 0.1) is 13.7 Å². The molecule has 0 amide bonds. The monoisotopic (exact) mass is 338 g/mol. The molecule has 128 valence electrons. The zero-order valence-electron chi connectivity index (χ0n) is 16.1. The van der Waals surface area contributed by atoms with Crippen LogP contribution in [0.5, 0.6) is 0 Å². The van der Waals surface area contributed by atoms with Crippen molar-refractivity contribution in [1.29, 1.82) is 0 Å². The maximum absolute atomic E-state index is 6.79. The molecule has 1 atom stereocenters. The Hall–Kier alpha value is -0.126.